The van der Waals surface area contributed by atoms with E-state index in [1.807, 2.05) is 21.5 Å². The first-order chi connectivity index (χ1) is 14.5. The van der Waals surface area contributed by atoms with E-state index in [0.717, 1.165) is 25.9 Å². The topological polar surface area (TPSA) is 112 Å². The Bertz CT molecular complexity index is 713. The number of amides is 2. The smallest absolute Gasteiger partial charge is 0.424 e. The quantitative estimate of drug-likeness (QED) is 0.463. The lowest BCUT2D eigenvalue weighted by Crippen LogP contribution is -2.34. The number of hydrogen-bond acceptors (Lipinski definition) is 7. The van der Waals surface area contributed by atoms with E-state index >= 15 is 0 Å². The molecule has 0 aliphatic heterocycles. The number of carbonyl (C=O) groups excluding carboxylic acids is 3. The largest absolute Gasteiger partial charge is 0.509 e. The van der Waals surface area contributed by atoms with Gasteiger partial charge in [0.2, 0.25) is 0 Å². The van der Waals surface area contributed by atoms with Crippen molar-refractivity contribution < 1.29 is 23.9 Å². The van der Waals surface area contributed by atoms with Gasteiger partial charge in [0.1, 0.15) is 0 Å². The van der Waals surface area contributed by atoms with Gasteiger partial charge in [-0.1, -0.05) is 0 Å². The highest BCUT2D eigenvalue weighted by Crippen LogP contribution is 1.98. The number of aryl methyl sites for hydroxylation is 2. The fourth-order valence-corrected chi connectivity index (χ4v) is 2.57. The monoisotopic (exact) mass is 420 g/mol. The van der Waals surface area contributed by atoms with Crippen molar-refractivity contribution in [2.75, 3.05) is 40.4 Å². The Hall–Kier alpha value is -3.37. The van der Waals surface area contributed by atoms with E-state index in [0.29, 0.717) is 13.1 Å². The Morgan fingerprint density at radius 1 is 0.800 bits per heavy atom. The van der Waals surface area contributed by atoms with Gasteiger partial charge in [-0.15, -0.1) is 0 Å². The van der Waals surface area contributed by atoms with Crippen LogP contribution in [0.5, 0.6) is 0 Å². The molecule has 2 aromatic heterocycles. The molecule has 11 nitrogen and oxygen atoms in total. The zero-order valence-electron chi connectivity index (χ0n) is 17.3. The third kappa shape index (κ3) is 8.33. The van der Waals surface area contributed by atoms with Gasteiger partial charge in [-0.2, -0.15) is 0 Å². The van der Waals surface area contributed by atoms with Gasteiger partial charge in [0.15, 0.2) is 13.2 Å². The first-order valence-corrected chi connectivity index (χ1v) is 9.64. The molecular weight excluding hydrogens is 392 g/mol. The van der Waals surface area contributed by atoms with Crippen molar-refractivity contribution in [3.05, 3.63) is 37.4 Å². The number of nitrogens with zero attached hydrogens (tertiary/aromatic N) is 6. The minimum absolute atomic E-state index is 0.347. The van der Waals surface area contributed by atoms with Gasteiger partial charge < -0.3 is 28.4 Å². The van der Waals surface area contributed by atoms with Crippen molar-refractivity contribution in [1.29, 1.82) is 0 Å². The van der Waals surface area contributed by atoms with Gasteiger partial charge in [0.05, 0.1) is 12.7 Å². The van der Waals surface area contributed by atoms with Crippen LogP contribution in [0, 0.1) is 0 Å². The molecule has 0 aliphatic carbocycles. The summed E-state index contributed by atoms with van der Waals surface area (Å²) in [7, 11) is 3.26. The number of aromatic nitrogens is 4. The van der Waals surface area contributed by atoms with E-state index in [1.54, 1.807) is 39.1 Å². The number of imidazole rings is 2. The predicted octanol–water partition coefficient (Wildman–Crippen LogP) is 0.630. The molecule has 0 atom stereocenters. The van der Waals surface area contributed by atoms with Crippen LogP contribution in [0.15, 0.2) is 37.4 Å². The van der Waals surface area contributed by atoms with Crippen LogP contribution in [0.3, 0.4) is 0 Å². The summed E-state index contributed by atoms with van der Waals surface area (Å²) in [5.41, 5.74) is 0. The number of hydrogen-bond donors (Lipinski definition) is 0. The maximum absolute atomic E-state index is 12.0. The molecule has 2 rings (SSSR count). The summed E-state index contributed by atoms with van der Waals surface area (Å²) in [6.07, 6.45) is 10.9. The van der Waals surface area contributed by atoms with E-state index in [-0.39, 0.29) is 11.8 Å². The van der Waals surface area contributed by atoms with E-state index < -0.39 is 19.4 Å². The third-order valence-electron chi connectivity index (χ3n) is 4.42. The van der Waals surface area contributed by atoms with Crippen molar-refractivity contribution >= 4 is 18.0 Å². The number of ether oxygens (including phenoxy) is 2. The van der Waals surface area contributed by atoms with Crippen LogP contribution >= 0.6 is 0 Å². The van der Waals surface area contributed by atoms with Crippen LogP contribution in [0.2, 0.25) is 0 Å². The maximum atomic E-state index is 12.0. The Labute approximate surface area is 175 Å². The lowest BCUT2D eigenvalue weighted by atomic mass is 10.4. The van der Waals surface area contributed by atoms with E-state index in [4.69, 9.17) is 9.47 Å². The summed E-state index contributed by atoms with van der Waals surface area (Å²) in [5, 5.41) is 0. The first-order valence-electron chi connectivity index (χ1n) is 9.64. The summed E-state index contributed by atoms with van der Waals surface area (Å²) in [6.45, 7) is 1.62. The molecule has 2 aromatic rings. The maximum Gasteiger partial charge on any atom is 0.509 e. The van der Waals surface area contributed by atoms with Gasteiger partial charge in [0.25, 0.3) is 11.8 Å². The van der Waals surface area contributed by atoms with Gasteiger partial charge in [-0.3, -0.25) is 9.59 Å². The summed E-state index contributed by atoms with van der Waals surface area (Å²) < 4.78 is 13.4. The van der Waals surface area contributed by atoms with E-state index in [1.165, 1.54) is 9.80 Å². The molecule has 2 amide bonds. The zero-order valence-corrected chi connectivity index (χ0v) is 17.3. The Morgan fingerprint density at radius 2 is 1.23 bits per heavy atom. The molecule has 0 aromatic carbocycles. The molecular formula is C19H28N6O5. The van der Waals surface area contributed by atoms with E-state index in [2.05, 4.69) is 9.97 Å². The molecule has 0 N–H and O–H groups in total. The van der Waals surface area contributed by atoms with Crippen molar-refractivity contribution in [2.24, 2.45) is 0 Å². The molecule has 164 valence electrons. The van der Waals surface area contributed by atoms with Crippen molar-refractivity contribution in [1.82, 2.24) is 28.9 Å². The van der Waals surface area contributed by atoms with Crippen molar-refractivity contribution in [3.63, 3.8) is 0 Å². The predicted molar refractivity (Wildman–Crippen MR) is 106 cm³/mol. The fourth-order valence-electron chi connectivity index (χ4n) is 2.57. The van der Waals surface area contributed by atoms with Crippen LogP contribution < -0.4 is 0 Å². The molecule has 0 radical (unpaired) electrons. The molecule has 0 saturated carbocycles. The van der Waals surface area contributed by atoms with Crippen molar-refractivity contribution in [3.8, 4) is 0 Å². The third-order valence-corrected chi connectivity index (χ3v) is 4.42. The summed E-state index contributed by atoms with van der Waals surface area (Å²) in [6, 6.07) is 0. The van der Waals surface area contributed by atoms with Gasteiger partial charge in [-0.05, 0) is 12.8 Å². The molecule has 30 heavy (non-hydrogen) atoms. The van der Waals surface area contributed by atoms with Crippen molar-refractivity contribution in [2.45, 2.75) is 25.9 Å². The zero-order chi connectivity index (χ0) is 21.8. The first kappa shape index (κ1) is 22.9. The number of rotatable bonds is 12. The Kier molecular flexibility index (Phi) is 9.35. The molecule has 2 heterocycles. The highest BCUT2D eigenvalue weighted by molar-refractivity contribution is 5.81. The summed E-state index contributed by atoms with van der Waals surface area (Å²) in [4.78, 5) is 46.5. The molecule has 0 fully saturated rings. The second kappa shape index (κ2) is 12.2. The standard InChI is InChI=1S/C19H28N6O5/c1-22(7-3-9-24-11-5-20-15-24)17(26)13-29-19(28)30-14-18(27)23(2)8-4-10-25-12-6-21-16-25/h5-6,11-12,15-16H,3-4,7-10,13-14H2,1-2H3. The molecule has 0 bridgehead atoms. The minimum atomic E-state index is -1.05. The minimum Gasteiger partial charge on any atom is -0.424 e. The lowest BCUT2D eigenvalue weighted by molar-refractivity contribution is -0.135. The Morgan fingerprint density at radius 3 is 1.60 bits per heavy atom. The summed E-state index contributed by atoms with van der Waals surface area (Å²) in [5.74, 6) is -0.693. The van der Waals surface area contributed by atoms with Crippen LogP contribution in [0.1, 0.15) is 12.8 Å². The second-order valence-corrected chi connectivity index (χ2v) is 6.77. The van der Waals surface area contributed by atoms with E-state index in [9.17, 15) is 14.4 Å². The molecule has 0 saturated heterocycles. The average Bonchev–Trinajstić information content (AvgIpc) is 3.44. The van der Waals surface area contributed by atoms with Crippen LogP contribution in [-0.4, -0.2) is 87.3 Å². The molecule has 0 aliphatic rings. The SMILES string of the molecule is CN(CCCn1ccnc1)C(=O)COC(=O)OCC(=O)N(C)CCCn1ccnc1. The summed E-state index contributed by atoms with van der Waals surface area (Å²) >= 11 is 0. The van der Waals surface area contributed by atoms with Crippen LogP contribution in [0.4, 0.5) is 4.79 Å². The van der Waals surface area contributed by atoms with Gasteiger partial charge in [0, 0.05) is 65.1 Å². The number of carbonyl (C=O) groups is 3. The highest BCUT2D eigenvalue weighted by atomic mass is 16.7. The molecule has 11 heteroatoms. The van der Waals surface area contributed by atoms with Crippen LogP contribution in [-0.2, 0) is 32.2 Å². The Balaban J connectivity index is 1.54. The molecule has 0 unspecified atom stereocenters. The highest BCUT2D eigenvalue weighted by Gasteiger charge is 2.15. The lowest BCUT2D eigenvalue weighted by Gasteiger charge is -2.18. The van der Waals surface area contributed by atoms with Gasteiger partial charge >= 0.3 is 6.16 Å². The second-order valence-electron chi connectivity index (χ2n) is 6.77. The normalized spacial score (nSPS) is 10.5. The molecule has 0 spiro atoms. The number of likely N-dealkylation sites (N-methyl/N-ethyl adjacent to an activating group) is 2. The van der Waals surface area contributed by atoms with Gasteiger partial charge in [-0.25, -0.2) is 14.8 Å². The van der Waals surface area contributed by atoms with Crippen LogP contribution in [0.25, 0.3) is 0 Å². The average molecular weight is 420 g/mol. The fraction of sp³-hybridized carbons (Fsp3) is 0.526.